The second-order valence-corrected chi connectivity index (χ2v) is 8.03. The molecule has 0 aliphatic rings. The van der Waals surface area contributed by atoms with Crippen LogP contribution in [0.1, 0.15) is 33.0 Å². The number of nitrogens with one attached hydrogen (secondary N) is 2. The number of hydrogen-bond acceptors (Lipinski definition) is 5. The van der Waals surface area contributed by atoms with Crippen molar-refractivity contribution in [3.05, 3.63) is 66.7 Å². The molecule has 0 unspecified atom stereocenters. The lowest BCUT2D eigenvalue weighted by molar-refractivity contribution is 0.242. The molecular formula is C25H35N7O. The smallest absolute Gasteiger partial charge is 0.196 e. The number of aryl methyl sites for hydroxylation is 1. The van der Waals surface area contributed by atoms with Gasteiger partial charge in [-0.1, -0.05) is 18.2 Å². The van der Waals surface area contributed by atoms with Crippen LogP contribution in [0.5, 0.6) is 5.75 Å². The molecule has 0 saturated carbocycles. The van der Waals surface area contributed by atoms with Crippen LogP contribution in [0.3, 0.4) is 0 Å². The van der Waals surface area contributed by atoms with E-state index in [1.54, 1.807) is 6.33 Å². The fraction of sp³-hybridized carbons (Fsp3) is 0.400. The van der Waals surface area contributed by atoms with E-state index in [9.17, 15) is 0 Å². The van der Waals surface area contributed by atoms with Gasteiger partial charge in [0.05, 0.1) is 6.10 Å². The van der Waals surface area contributed by atoms with Gasteiger partial charge in [0.2, 0.25) is 0 Å². The van der Waals surface area contributed by atoms with Gasteiger partial charge in [-0.05, 0) is 63.6 Å². The standard InChI is InChI=1S/C25H35N7O/c1-5-32(22-10-7-6-8-11-22)17-9-16-26-25(27-18-24-30-28-19-31(24)4)29-21-12-14-23(15-13-21)33-20(2)3/h6-8,10-15,19-20H,5,9,16-18H2,1-4H3,(H2,26,27,29). The SMILES string of the molecule is CCN(CCCNC(=NCc1nncn1C)Nc1ccc(OC(C)C)cc1)c1ccccc1. The molecule has 0 aliphatic carbocycles. The molecule has 3 aromatic rings. The first-order valence-electron chi connectivity index (χ1n) is 11.5. The van der Waals surface area contributed by atoms with Crippen molar-refractivity contribution in [3.8, 4) is 5.75 Å². The summed E-state index contributed by atoms with van der Waals surface area (Å²) in [6, 6.07) is 18.4. The first-order valence-corrected chi connectivity index (χ1v) is 11.5. The van der Waals surface area contributed by atoms with Crippen LogP contribution >= 0.6 is 0 Å². The van der Waals surface area contributed by atoms with Gasteiger partial charge >= 0.3 is 0 Å². The molecule has 1 aromatic heterocycles. The molecule has 0 radical (unpaired) electrons. The minimum absolute atomic E-state index is 0.146. The van der Waals surface area contributed by atoms with Gasteiger partial charge in [0, 0.05) is 38.1 Å². The molecule has 176 valence electrons. The number of aromatic nitrogens is 3. The Morgan fingerprint density at radius 1 is 1.12 bits per heavy atom. The zero-order valence-electron chi connectivity index (χ0n) is 20.0. The third-order valence-corrected chi connectivity index (χ3v) is 5.07. The molecule has 33 heavy (non-hydrogen) atoms. The maximum absolute atomic E-state index is 5.74. The lowest BCUT2D eigenvalue weighted by Gasteiger charge is -2.23. The number of ether oxygens (including phenoxy) is 1. The van der Waals surface area contributed by atoms with Crippen LogP contribution < -0.4 is 20.3 Å². The van der Waals surface area contributed by atoms with Crippen molar-refractivity contribution < 1.29 is 4.74 Å². The average Bonchev–Trinajstić information content (AvgIpc) is 3.23. The summed E-state index contributed by atoms with van der Waals surface area (Å²) >= 11 is 0. The van der Waals surface area contributed by atoms with Gasteiger partial charge in [0.25, 0.3) is 0 Å². The van der Waals surface area contributed by atoms with Crippen LogP contribution in [0, 0.1) is 0 Å². The highest BCUT2D eigenvalue weighted by Crippen LogP contribution is 2.17. The molecule has 3 rings (SSSR count). The number of benzene rings is 2. The number of guanidine groups is 1. The number of anilines is 2. The summed E-state index contributed by atoms with van der Waals surface area (Å²) in [6.45, 7) is 9.39. The summed E-state index contributed by atoms with van der Waals surface area (Å²) in [6.07, 6.45) is 2.81. The molecule has 8 heteroatoms. The second kappa shape index (κ2) is 12.5. The van der Waals surface area contributed by atoms with E-state index in [0.29, 0.717) is 12.5 Å². The Hall–Kier alpha value is -3.55. The van der Waals surface area contributed by atoms with Gasteiger partial charge in [-0.15, -0.1) is 10.2 Å². The van der Waals surface area contributed by atoms with Crippen molar-refractivity contribution in [3.63, 3.8) is 0 Å². The Morgan fingerprint density at radius 3 is 2.52 bits per heavy atom. The van der Waals surface area contributed by atoms with E-state index in [2.05, 4.69) is 56.9 Å². The van der Waals surface area contributed by atoms with Crippen molar-refractivity contribution in [2.75, 3.05) is 29.9 Å². The average molecular weight is 450 g/mol. The molecule has 1 heterocycles. The fourth-order valence-corrected chi connectivity index (χ4v) is 3.35. The molecule has 0 fully saturated rings. The predicted molar refractivity (Wildman–Crippen MR) is 135 cm³/mol. The first-order chi connectivity index (χ1) is 16.0. The van der Waals surface area contributed by atoms with Crippen LogP contribution in [0.25, 0.3) is 0 Å². The van der Waals surface area contributed by atoms with Crippen LogP contribution in [-0.4, -0.2) is 46.5 Å². The zero-order valence-corrected chi connectivity index (χ0v) is 20.0. The van der Waals surface area contributed by atoms with Crippen LogP contribution in [0.4, 0.5) is 11.4 Å². The molecule has 0 bridgehead atoms. The van der Waals surface area contributed by atoms with E-state index >= 15 is 0 Å². The van der Waals surface area contributed by atoms with Crippen LogP contribution in [0.2, 0.25) is 0 Å². The molecule has 0 spiro atoms. The minimum Gasteiger partial charge on any atom is -0.491 e. The molecular weight excluding hydrogens is 414 g/mol. The topological polar surface area (TPSA) is 79.6 Å². The number of rotatable bonds is 11. The Bertz CT molecular complexity index is 984. The van der Waals surface area contributed by atoms with Crippen molar-refractivity contribution in [1.29, 1.82) is 0 Å². The van der Waals surface area contributed by atoms with Gasteiger partial charge in [-0.2, -0.15) is 0 Å². The van der Waals surface area contributed by atoms with E-state index in [4.69, 9.17) is 9.73 Å². The molecule has 0 aliphatic heterocycles. The molecule has 0 amide bonds. The maximum atomic E-state index is 5.74. The normalized spacial score (nSPS) is 11.5. The lowest BCUT2D eigenvalue weighted by Crippen LogP contribution is -2.34. The van der Waals surface area contributed by atoms with Gasteiger partial charge in [-0.25, -0.2) is 4.99 Å². The van der Waals surface area contributed by atoms with Gasteiger partial charge < -0.3 is 24.8 Å². The second-order valence-electron chi connectivity index (χ2n) is 8.03. The highest BCUT2D eigenvalue weighted by molar-refractivity contribution is 5.93. The van der Waals surface area contributed by atoms with E-state index in [0.717, 1.165) is 43.3 Å². The number of para-hydroxylation sites is 1. The first kappa shape index (κ1) is 24.1. The fourth-order valence-electron chi connectivity index (χ4n) is 3.35. The van der Waals surface area contributed by atoms with E-state index in [1.807, 2.05) is 55.8 Å². The van der Waals surface area contributed by atoms with Crippen molar-refractivity contribution in [2.45, 2.75) is 39.8 Å². The highest BCUT2D eigenvalue weighted by Gasteiger charge is 2.06. The van der Waals surface area contributed by atoms with Gasteiger partial charge in [-0.3, -0.25) is 0 Å². The molecule has 0 saturated heterocycles. The third-order valence-electron chi connectivity index (χ3n) is 5.07. The Balaban J connectivity index is 1.60. The molecule has 2 N–H and O–H groups in total. The van der Waals surface area contributed by atoms with Crippen LogP contribution in [-0.2, 0) is 13.6 Å². The maximum Gasteiger partial charge on any atom is 0.196 e. The summed E-state index contributed by atoms with van der Waals surface area (Å²) in [5, 5.41) is 14.9. The Kier molecular flexibility index (Phi) is 9.11. The summed E-state index contributed by atoms with van der Waals surface area (Å²) in [7, 11) is 1.92. The molecule has 2 aromatic carbocycles. The summed E-state index contributed by atoms with van der Waals surface area (Å²) in [5.41, 5.74) is 2.19. The monoisotopic (exact) mass is 449 g/mol. The summed E-state index contributed by atoms with van der Waals surface area (Å²) < 4.78 is 7.61. The van der Waals surface area contributed by atoms with E-state index < -0.39 is 0 Å². The largest absolute Gasteiger partial charge is 0.491 e. The van der Waals surface area contributed by atoms with E-state index in [-0.39, 0.29) is 6.10 Å². The zero-order chi connectivity index (χ0) is 23.5. The summed E-state index contributed by atoms with van der Waals surface area (Å²) in [5.74, 6) is 2.36. The van der Waals surface area contributed by atoms with Crippen molar-refractivity contribution in [1.82, 2.24) is 20.1 Å². The summed E-state index contributed by atoms with van der Waals surface area (Å²) in [4.78, 5) is 7.09. The predicted octanol–water partition coefficient (Wildman–Crippen LogP) is 4.08. The van der Waals surface area contributed by atoms with Gasteiger partial charge in [0.1, 0.15) is 18.6 Å². The minimum atomic E-state index is 0.146. The van der Waals surface area contributed by atoms with Crippen molar-refractivity contribution in [2.24, 2.45) is 12.0 Å². The molecule has 0 atom stereocenters. The van der Waals surface area contributed by atoms with E-state index in [1.165, 1.54) is 5.69 Å². The lowest BCUT2D eigenvalue weighted by atomic mass is 10.2. The van der Waals surface area contributed by atoms with Crippen molar-refractivity contribution >= 4 is 17.3 Å². The molecule has 8 nitrogen and oxygen atoms in total. The Morgan fingerprint density at radius 2 is 1.88 bits per heavy atom. The number of nitrogens with zero attached hydrogens (tertiary/aromatic N) is 5. The highest BCUT2D eigenvalue weighted by atomic mass is 16.5. The number of aliphatic imine (C=N–C) groups is 1. The number of hydrogen-bond donors (Lipinski definition) is 2. The Labute approximate surface area is 196 Å². The third kappa shape index (κ3) is 7.82. The van der Waals surface area contributed by atoms with Gasteiger partial charge in [0.15, 0.2) is 11.8 Å². The quantitative estimate of drug-likeness (QED) is 0.261. The van der Waals surface area contributed by atoms with Crippen LogP contribution in [0.15, 0.2) is 65.9 Å².